The van der Waals surface area contributed by atoms with E-state index < -0.39 is 6.10 Å². The Balaban J connectivity index is 2.36. The van der Waals surface area contributed by atoms with Gasteiger partial charge in [0.25, 0.3) is 0 Å². The van der Waals surface area contributed by atoms with Crippen molar-refractivity contribution in [2.75, 3.05) is 13.2 Å². The summed E-state index contributed by atoms with van der Waals surface area (Å²) in [6, 6.07) is 1.87. The largest absolute Gasteiger partial charge is 0.387 e. The molecule has 0 radical (unpaired) electrons. The summed E-state index contributed by atoms with van der Waals surface area (Å²) in [7, 11) is 0. The van der Waals surface area contributed by atoms with Crippen LogP contribution in [0.1, 0.15) is 38.5 Å². The normalized spacial score (nSPS) is 13.0. The zero-order valence-corrected chi connectivity index (χ0v) is 9.52. The molecule has 0 aliphatic heterocycles. The molecule has 4 heteroatoms. The van der Waals surface area contributed by atoms with Crippen LogP contribution >= 0.6 is 0 Å². The van der Waals surface area contributed by atoms with Gasteiger partial charge in [-0.3, -0.25) is 4.68 Å². The van der Waals surface area contributed by atoms with Crippen molar-refractivity contribution in [3.63, 3.8) is 0 Å². The lowest BCUT2D eigenvalue weighted by molar-refractivity contribution is 0.110. The molecule has 4 nitrogen and oxygen atoms in total. The first-order valence-corrected chi connectivity index (χ1v) is 5.57. The summed E-state index contributed by atoms with van der Waals surface area (Å²) in [5, 5.41) is 14.0. The Kier molecular flexibility index (Phi) is 5.36. The van der Waals surface area contributed by atoms with E-state index in [0.29, 0.717) is 6.61 Å². The van der Waals surface area contributed by atoms with Crippen molar-refractivity contribution in [2.24, 2.45) is 0 Å². The highest BCUT2D eigenvalue weighted by Crippen LogP contribution is 2.17. The van der Waals surface area contributed by atoms with Crippen LogP contribution in [0.25, 0.3) is 0 Å². The Morgan fingerprint density at radius 1 is 1.53 bits per heavy atom. The third-order valence-electron chi connectivity index (χ3n) is 2.36. The van der Waals surface area contributed by atoms with Crippen LogP contribution in [-0.4, -0.2) is 28.1 Å². The van der Waals surface area contributed by atoms with Crippen LogP contribution in [0.3, 0.4) is 0 Å². The predicted molar refractivity (Wildman–Crippen MR) is 58.6 cm³/mol. The molecular weight excluding hydrogens is 192 g/mol. The molecule has 1 heterocycles. The van der Waals surface area contributed by atoms with E-state index in [-0.39, 0.29) is 0 Å². The molecule has 0 fully saturated rings. The van der Waals surface area contributed by atoms with Crippen molar-refractivity contribution in [3.8, 4) is 0 Å². The van der Waals surface area contributed by atoms with Gasteiger partial charge >= 0.3 is 0 Å². The summed E-state index contributed by atoms with van der Waals surface area (Å²) in [6.45, 7) is 6.24. The Bertz CT molecular complexity index is 273. The first kappa shape index (κ1) is 12.2. The lowest BCUT2D eigenvalue weighted by Gasteiger charge is -2.12. The van der Waals surface area contributed by atoms with Gasteiger partial charge in [-0.1, -0.05) is 0 Å². The van der Waals surface area contributed by atoms with E-state index in [1.807, 2.05) is 24.6 Å². The van der Waals surface area contributed by atoms with Gasteiger partial charge in [-0.25, -0.2) is 0 Å². The van der Waals surface area contributed by atoms with Gasteiger partial charge in [0.15, 0.2) is 0 Å². The Morgan fingerprint density at radius 3 is 3.00 bits per heavy atom. The summed E-state index contributed by atoms with van der Waals surface area (Å²) >= 11 is 0. The molecule has 0 bridgehead atoms. The average Bonchev–Trinajstić information content (AvgIpc) is 2.72. The van der Waals surface area contributed by atoms with Gasteiger partial charge in [0.2, 0.25) is 0 Å². The van der Waals surface area contributed by atoms with Crippen LogP contribution in [0.4, 0.5) is 0 Å². The van der Waals surface area contributed by atoms with E-state index >= 15 is 0 Å². The molecule has 1 aromatic rings. The monoisotopic (exact) mass is 212 g/mol. The summed E-state index contributed by atoms with van der Waals surface area (Å²) in [5.74, 6) is 0. The molecule has 0 aliphatic carbocycles. The molecule has 1 aromatic heterocycles. The van der Waals surface area contributed by atoms with Gasteiger partial charge in [0, 0.05) is 26.0 Å². The number of ether oxygens (including phenoxy) is 1. The lowest BCUT2D eigenvalue weighted by Crippen LogP contribution is -2.08. The van der Waals surface area contributed by atoms with E-state index in [1.165, 1.54) is 0 Å². The average molecular weight is 212 g/mol. The number of hydrogen-bond donors (Lipinski definition) is 1. The number of aliphatic hydroxyl groups excluding tert-OH is 1. The third kappa shape index (κ3) is 3.64. The Hall–Kier alpha value is -0.870. The van der Waals surface area contributed by atoms with Crippen LogP contribution in [0.15, 0.2) is 12.3 Å². The Morgan fingerprint density at radius 2 is 2.33 bits per heavy atom. The number of hydrogen-bond acceptors (Lipinski definition) is 3. The number of aryl methyl sites for hydroxylation is 1. The minimum atomic E-state index is -0.423. The fraction of sp³-hybridized carbons (Fsp3) is 0.727. The first-order chi connectivity index (χ1) is 7.29. The third-order valence-corrected chi connectivity index (χ3v) is 2.36. The summed E-state index contributed by atoms with van der Waals surface area (Å²) in [6.07, 6.45) is 2.91. The molecule has 0 amide bonds. The molecule has 15 heavy (non-hydrogen) atoms. The molecule has 0 aromatic carbocycles. The zero-order valence-electron chi connectivity index (χ0n) is 9.52. The fourth-order valence-electron chi connectivity index (χ4n) is 1.56. The second-order valence-corrected chi connectivity index (χ2v) is 3.43. The molecule has 1 atom stereocenters. The van der Waals surface area contributed by atoms with E-state index in [0.717, 1.165) is 31.7 Å². The maximum Gasteiger partial charge on any atom is 0.0957 e. The number of rotatable bonds is 7. The number of aromatic nitrogens is 2. The molecule has 1 N–H and O–H groups in total. The minimum Gasteiger partial charge on any atom is -0.387 e. The molecule has 86 valence electrons. The molecule has 1 unspecified atom stereocenters. The summed E-state index contributed by atoms with van der Waals surface area (Å²) in [5.41, 5.74) is 0.897. The number of nitrogens with zero attached hydrogens (tertiary/aromatic N) is 2. The molecule has 0 saturated carbocycles. The molecule has 0 aliphatic rings. The van der Waals surface area contributed by atoms with Gasteiger partial charge in [-0.15, -0.1) is 0 Å². The highest BCUT2D eigenvalue weighted by molar-refractivity contribution is 5.04. The molecule has 0 spiro atoms. The standard InChI is InChI=1S/C11H20N2O2/c1-3-13-10(7-8-12-13)11(14)6-5-9-15-4-2/h7-8,11,14H,3-6,9H2,1-2H3. The van der Waals surface area contributed by atoms with Crippen molar-refractivity contribution in [1.29, 1.82) is 0 Å². The second kappa shape index (κ2) is 6.58. The van der Waals surface area contributed by atoms with Crippen molar-refractivity contribution in [3.05, 3.63) is 18.0 Å². The minimum absolute atomic E-state index is 0.423. The Labute approximate surface area is 90.9 Å². The highest BCUT2D eigenvalue weighted by atomic mass is 16.5. The maximum atomic E-state index is 9.90. The molecule has 0 saturated heterocycles. The van der Waals surface area contributed by atoms with Crippen LogP contribution in [-0.2, 0) is 11.3 Å². The summed E-state index contributed by atoms with van der Waals surface area (Å²) in [4.78, 5) is 0. The van der Waals surface area contributed by atoms with Crippen LogP contribution < -0.4 is 0 Å². The predicted octanol–water partition coefficient (Wildman–Crippen LogP) is 1.75. The molecular formula is C11H20N2O2. The van der Waals surface area contributed by atoms with E-state index in [4.69, 9.17) is 4.74 Å². The van der Waals surface area contributed by atoms with E-state index in [9.17, 15) is 5.11 Å². The molecule has 1 rings (SSSR count). The van der Waals surface area contributed by atoms with Crippen LogP contribution in [0.2, 0.25) is 0 Å². The SMILES string of the molecule is CCOCCCC(O)c1ccnn1CC. The van der Waals surface area contributed by atoms with Gasteiger partial charge in [0.1, 0.15) is 0 Å². The lowest BCUT2D eigenvalue weighted by atomic mass is 10.1. The second-order valence-electron chi connectivity index (χ2n) is 3.43. The van der Waals surface area contributed by atoms with Crippen molar-refractivity contribution in [2.45, 2.75) is 39.3 Å². The van der Waals surface area contributed by atoms with Crippen molar-refractivity contribution >= 4 is 0 Å². The topological polar surface area (TPSA) is 47.3 Å². The van der Waals surface area contributed by atoms with E-state index in [1.54, 1.807) is 6.20 Å². The van der Waals surface area contributed by atoms with Crippen molar-refractivity contribution < 1.29 is 9.84 Å². The first-order valence-electron chi connectivity index (χ1n) is 5.57. The van der Waals surface area contributed by atoms with Crippen molar-refractivity contribution in [1.82, 2.24) is 9.78 Å². The zero-order chi connectivity index (χ0) is 11.1. The van der Waals surface area contributed by atoms with Crippen LogP contribution in [0, 0.1) is 0 Å². The van der Waals surface area contributed by atoms with Gasteiger partial charge in [-0.05, 0) is 32.8 Å². The van der Waals surface area contributed by atoms with E-state index in [2.05, 4.69) is 5.10 Å². The van der Waals surface area contributed by atoms with Gasteiger partial charge in [-0.2, -0.15) is 5.10 Å². The summed E-state index contributed by atoms with van der Waals surface area (Å²) < 4.78 is 7.05. The van der Waals surface area contributed by atoms with Crippen LogP contribution in [0.5, 0.6) is 0 Å². The maximum absolute atomic E-state index is 9.90. The van der Waals surface area contributed by atoms with Gasteiger partial charge < -0.3 is 9.84 Å². The quantitative estimate of drug-likeness (QED) is 0.700. The smallest absolute Gasteiger partial charge is 0.0957 e. The fourth-order valence-corrected chi connectivity index (χ4v) is 1.56. The van der Waals surface area contributed by atoms with Gasteiger partial charge in [0.05, 0.1) is 11.8 Å². The highest BCUT2D eigenvalue weighted by Gasteiger charge is 2.11. The number of aliphatic hydroxyl groups is 1.